The molecule has 22 heavy (non-hydrogen) atoms. The van der Waals surface area contributed by atoms with Crippen molar-refractivity contribution >= 4 is 10.0 Å². The fourth-order valence-corrected chi connectivity index (χ4v) is 3.86. The van der Waals surface area contributed by atoms with E-state index in [0.717, 1.165) is 22.9 Å². The summed E-state index contributed by atoms with van der Waals surface area (Å²) in [6, 6.07) is 4.10. The second kappa shape index (κ2) is 5.75. The van der Waals surface area contributed by atoms with Crippen LogP contribution in [-0.4, -0.2) is 48.7 Å². The van der Waals surface area contributed by atoms with Crippen molar-refractivity contribution < 1.29 is 17.2 Å². The number of hydrogen-bond donors (Lipinski definition) is 1. The molecule has 118 valence electrons. The molecule has 6 nitrogen and oxygen atoms in total. The van der Waals surface area contributed by atoms with Crippen LogP contribution in [0.15, 0.2) is 35.5 Å². The quantitative estimate of drug-likeness (QED) is 0.903. The van der Waals surface area contributed by atoms with Gasteiger partial charge >= 0.3 is 0 Å². The van der Waals surface area contributed by atoms with E-state index >= 15 is 0 Å². The van der Waals surface area contributed by atoms with Gasteiger partial charge in [0.15, 0.2) is 5.03 Å². The van der Waals surface area contributed by atoms with Gasteiger partial charge < -0.3 is 5.32 Å². The number of nitrogens with zero attached hydrogens (tertiary/aromatic N) is 3. The van der Waals surface area contributed by atoms with E-state index in [4.69, 9.17) is 0 Å². The van der Waals surface area contributed by atoms with E-state index in [-0.39, 0.29) is 10.7 Å². The summed E-state index contributed by atoms with van der Waals surface area (Å²) in [7, 11) is -3.82. The molecule has 1 fully saturated rings. The van der Waals surface area contributed by atoms with Crippen LogP contribution in [0, 0.1) is 11.6 Å². The van der Waals surface area contributed by atoms with Crippen molar-refractivity contribution in [2.75, 3.05) is 26.2 Å². The number of rotatable bonds is 3. The molecule has 1 saturated heterocycles. The van der Waals surface area contributed by atoms with E-state index in [2.05, 4.69) is 10.4 Å². The predicted molar refractivity (Wildman–Crippen MR) is 75.1 cm³/mol. The highest BCUT2D eigenvalue weighted by atomic mass is 32.2. The zero-order valence-corrected chi connectivity index (χ0v) is 12.4. The number of hydrogen-bond acceptors (Lipinski definition) is 4. The molecule has 9 heteroatoms. The third-order valence-corrected chi connectivity index (χ3v) is 5.31. The van der Waals surface area contributed by atoms with Crippen molar-refractivity contribution in [3.05, 3.63) is 42.1 Å². The highest BCUT2D eigenvalue weighted by Gasteiger charge is 2.30. The van der Waals surface area contributed by atoms with Crippen molar-refractivity contribution in [1.29, 1.82) is 0 Å². The SMILES string of the molecule is O=S(=O)(c1ccnn1-c1cc(F)ccc1F)N1CCNCC1. The minimum atomic E-state index is -3.82. The van der Waals surface area contributed by atoms with Crippen LogP contribution >= 0.6 is 0 Å². The summed E-state index contributed by atoms with van der Waals surface area (Å²) < 4.78 is 54.8. The van der Waals surface area contributed by atoms with Gasteiger partial charge in [-0.15, -0.1) is 0 Å². The number of halogens is 2. The van der Waals surface area contributed by atoms with Crippen molar-refractivity contribution in [2.24, 2.45) is 0 Å². The van der Waals surface area contributed by atoms with Crippen LogP contribution in [0.1, 0.15) is 0 Å². The average Bonchev–Trinajstić information content (AvgIpc) is 3.01. The lowest BCUT2D eigenvalue weighted by molar-refractivity contribution is 0.357. The molecule has 1 N–H and O–H groups in total. The Morgan fingerprint density at radius 2 is 1.86 bits per heavy atom. The van der Waals surface area contributed by atoms with Crippen LogP contribution in [0.25, 0.3) is 5.69 Å². The Balaban J connectivity index is 2.07. The monoisotopic (exact) mass is 328 g/mol. The first-order valence-corrected chi connectivity index (χ1v) is 8.14. The fourth-order valence-electron chi connectivity index (χ4n) is 2.33. The van der Waals surface area contributed by atoms with E-state index < -0.39 is 21.7 Å². The first-order chi connectivity index (χ1) is 10.5. The Morgan fingerprint density at radius 1 is 1.14 bits per heavy atom. The van der Waals surface area contributed by atoms with Gasteiger partial charge in [-0.1, -0.05) is 0 Å². The second-order valence-electron chi connectivity index (χ2n) is 4.83. The maximum Gasteiger partial charge on any atom is 0.260 e. The summed E-state index contributed by atoms with van der Waals surface area (Å²) in [5.41, 5.74) is -0.237. The molecule has 3 rings (SSSR count). The Kier molecular flexibility index (Phi) is 3.94. The van der Waals surface area contributed by atoms with Crippen molar-refractivity contribution in [1.82, 2.24) is 19.4 Å². The van der Waals surface area contributed by atoms with Crippen molar-refractivity contribution in [3.8, 4) is 5.69 Å². The summed E-state index contributed by atoms with van der Waals surface area (Å²) >= 11 is 0. The maximum absolute atomic E-state index is 13.9. The Hall–Kier alpha value is -1.84. The van der Waals surface area contributed by atoms with Crippen LogP contribution in [0.2, 0.25) is 0 Å². The number of nitrogens with one attached hydrogen (secondary N) is 1. The van der Waals surface area contributed by atoms with E-state index in [0.29, 0.717) is 26.2 Å². The first kappa shape index (κ1) is 15.1. The highest BCUT2D eigenvalue weighted by Crippen LogP contribution is 2.22. The summed E-state index contributed by atoms with van der Waals surface area (Å²) in [5.74, 6) is -1.42. The molecule has 0 bridgehead atoms. The van der Waals surface area contributed by atoms with Gasteiger partial charge in [0.05, 0.1) is 6.20 Å². The van der Waals surface area contributed by atoms with Crippen LogP contribution < -0.4 is 5.32 Å². The van der Waals surface area contributed by atoms with Gasteiger partial charge in [0.2, 0.25) is 0 Å². The Bertz CT molecular complexity index is 785. The third-order valence-electron chi connectivity index (χ3n) is 3.42. The maximum atomic E-state index is 13.9. The van der Waals surface area contributed by atoms with Crippen LogP contribution in [0.3, 0.4) is 0 Å². The lowest BCUT2D eigenvalue weighted by Crippen LogP contribution is -2.46. The lowest BCUT2D eigenvalue weighted by Gasteiger charge is -2.26. The fraction of sp³-hybridized carbons (Fsp3) is 0.308. The molecule has 0 radical (unpaired) electrons. The number of aromatic nitrogens is 2. The molecule has 0 unspecified atom stereocenters. The van der Waals surface area contributed by atoms with Gasteiger partial charge in [-0.3, -0.25) is 0 Å². The first-order valence-electron chi connectivity index (χ1n) is 6.70. The minimum absolute atomic E-state index is 0.182. The molecule has 1 aliphatic heterocycles. The van der Waals surface area contributed by atoms with E-state index in [1.807, 2.05) is 0 Å². The molecule has 0 aliphatic carbocycles. The molecule has 0 amide bonds. The summed E-state index contributed by atoms with van der Waals surface area (Å²) in [6.07, 6.45) is 1.25. The predicted octanol–water partition coefficient (Wildman–Crippen LogP) is 0.744. The molecule has 1 aliphatic rings. The molecular weight excluding hydrogens is 314 g/mol. The second-order valence-corrected chi connectivity index (χ2v) is 6.72. The summed E-state index contributed by atoms with van der Waals surface area (Å²) in [6.45, 7) is 1.72. The number of sulfonamides is 1. The lowest BCUT2D eigenvalue weighted by atomic mass is 10.3. The van der Waals surface area contributed by atoms with Crippen molar-refractivity contribution in [3.63, 3.8) is 0 Å². The van der Waals surface area contributed by atoms with E-state index in [1.54, 1.807) is 0 Å². The smallest absolute Gasteiger partial charge is 0.260 e. The third kappa shape index (κ3) is 2.62. The number of piperazine rings is 1. The average molecular weight is 328 g/mol. The molecular formula is C13H14F2N4O2S. The summed E-state index contributed by atoms with van der Waals surface area (Å²) in [5, 5.41) is 6.71. The molecule has 0 atom stereocenters. The Labute approximate surface area is 126 Å². The molecule has 2 aromatic rings. The molecule has 0 saturated carbocycles. The van der Waals surface area contributed by atoms with Crippen LogP contribution in [0.4, 0.5) is 8.78 Å². The number of benzene rings is 1. The van der Waals surface area contributed by atoms with Gasteiger partial charge in [0, 0.05) is 32.2 Å². The van der Waals surface area contributed by atoms with Gasteiger partial charge in [0.1, 0.15) is 17.3 Å². The normalized spacial score (nSPS) is 16.8. The molecule has 0 spiro atoms. The molecule has 1 aromatic heterocycles. The van der Waals surface area contributed by atoms with E-state index in [9.17, 15) is 17.2 Å². The van der Waals surface area contributed by atoms with Crippen LogP contribution in [0.5, 0.6) is 0 Å². The Morgan fingerprint density at radius 3 is 2.59 bits per heavy atom. The minimum Gasteiger partial charge on any atom is -0.314 e. The van der Waals surface area contributed by atoms with E-state index in [1.165, 1.54) is 16.6 Å². The summed E-state index contributed by atoms with van der Waals surface area (Å²) in [4.78, 5) is 0. The van der Waals surface area contributed by atoms with Gasteiger partial charge in [-0.2, -0.15) is 9.40 Å². The van der Waals surface area contributed by atoms with Gasteiger partial charge in [-0.25, -0.2) is 21.9 Å². The van der Waals surface area contributed by atoms with Gasteiger partial charge in [0.25, 0.3) is 10.0 Å². The highest BCUT2D eigenvalue weighted by molar-refractivity contribution is 7.89. The zero-order valence-electron chi connectivity index (χ0n) is 11.5. The topological polar surface area (TPSA) is 67.2 Å². The molecule has 1 aromatic carbocycles. The largest absolute Gasteiger partial charge is 0.314 e. The van der Waals surface area contributed by atoms with Gasteiger partial charge in [-0.05, 0) is 18.2 Å². The molecule has 2 heterocycles. The van der Waals surface area contributed by atoms with Crippen molar-refractivity contribution in [2.45, 2.75) is 5.03 Å². The standard InChI is InChI=1S/C13H14F2N4O2S/c14-10-1-2-11(15)12(9-10)19-13(3-4-17-19)22(20,21)18-7-5-16-6-8-18/h1-4,9,16H,5-8H2. The zero-order chi connectivity index (χ0) is 15.7. The van der Waals surface area contributed by atoms with Crippen LogP contribution in [-0.2, 0) is 10.0 Å².